The van der Waals surface area contributed by atoms with Crippen molar-refractivity contribution < 1.29 is 4.74 Å². The van der Waals surface area contributed by atoms with Crippen LogP contribution >= 0.6 is 15.9 Å². The number of methoxy groups -OCH3 is 1. The maximum absolute atomic E-state index is 4.88. The van der Waals surface area contributed by atoms with E-state index in [1.807, 2.05) is 6.92 Å². The molecule has 54 valence electrons. The normalized spacial score (nSPS) is 9.50. The summed E-state index contributed by atoms with van der Waals surface area (Å²) in [4.78, 5) is 8.04. The average molecular weight is 203 g/mol. The van der Waals surface area contributed by atoms with Crippen molar-refractivity contribution in [2.45, 2.75) is 6.92 Å². The summed E-state index contributed by atoms with van der Waals surface area (Å²) in [5.74, 6) is 0.519. The van der Waals surface area contributed by atoms with E-state index in [2.05, 4.69) is 25.9 Å². The Hall–Kier alpha value is -0.640. The van der Waals surface area contributed by atoms with Gasteiger partial charge in [-0.3, -0.25) is 0 Å². The van der Waals surface area contributed by atoms with Crippen molar-refractivity contribution in [1.82, 2.24) is 9.97 Å². The SMILES string of the molecule is COc1ncc(C)nc1Br. The topological polar surface area (TPSA) is 35.0 Å². The first-order chi connectivity index (χ1) is 4.74. The van der Waals surface area contributed by atoms with Crippen molar-refractivity contribution >= 4 is 15.9 Å². The van der Waals surface area contributed by atoms with Crippen molar-refractivity contribution in [3.8, 4) is 5.88 Å². The summed E-state index contributed by atoms with van der Waals surface area (Å²) in [6, 6.07) is 0. The molecule has 10 heavy (non-hydrogen) atoms. The summed E-state index contributed by atoms with van der Waals surface area (Å²) >= 11 is 3.21. The Morgan fingerprint density at radius 3 is 2.80 bits per heavy atom. The Morgan fingerprint density at radius 2 is 2.30 bits per heavy atom. The van der Waals surface area contributed by atoms with E-state index >= 15 is 0 Å². The fraction of sp³-hybridized carbons (Fsp3) is 0.333. The van der Waals surface area contributed by atoms with E-state index in [9.17, 15) is 0 Å². The Morgan fingerprint density at radius 1 is 1.60 bits per heavy atom. The highest BCUT2D eigenvalue weighted by Gasteiger charge is 2.00. The molecule has 0 bridgehead atoms. The van der Waals surface area contributed by atoms with Crippen molar-refractivity contribution in [1.29, 1.82) is 0 Å². The average Bonchev–Trinajstić information content (AvgIpc) is 1.88. The number of hydrogen-bond acceptors (Lipinski definition) is 3. The van der Waals surface area contributed by atoms with Gasteiger partial charge in [-0.2, -0.15) is 0 Å². The smallest absolute Gasteiger partial charge is 0.247 e. The van der Waals surface area contributed by atoms with Gasteiger partial charge in [0.2, 0.25) is 5.88 Å². The molecule has 0 N–H and O–H groups in total. The molecule has 1 rings (SSSR count). The number of rotatable bonds is 1. The maximum Gasteiger partial charge on any atom is 0.247 e. The second-order valence-electron chi connectivity index (χ2n) is 1.81. The minimum atomic E-state index is 0.519. The molecule has 0 atom stereocenters. The standard InChI is InChI=1S/C6H7BrN2O/c1-4-3-8-6(10-2)5(7)9-4/h3H,1-2H3. The number of halogens is 1. The van der Waals surface area contributed by atoms with E-state index < -0.39 is 0 Å². The molecule has 1 aromatic rings. The van der Waals surface area contributed by atoms with Gasteiger partial charge in [0.05, 0.1) is 19.0 Å². The Bertz CT molecular complexity index is 239. The van der Waals surface area contributed by atoms with Gasteiger partial charge in [-0.1, -0.05) is 0 Å². The molecule has 0 amide bonds. The molecule has 0 spiro atoms. The highest BCUT2D eigenvalue weighted by atomic mass is 79.9. The molecule has 0 saturated carbocycles. The predicted octanol–water partition coefficient (Wildman–Crippen LogP) is 1.56. The Kier molecular flexibility index (Phi) is 2.21. The lowest BCUT2D eigenvalue weighted by Gasteiger charge is -1.99. The highest BCUT2D eigenvalue weighted by Crippen LogP contribution is 2.17. The molecular formula is C6H7BrN2O. The predicted molar refractivity (Wildman–Crippen MR) is 41.0 cm³/mol. The van der Waals surface area contributed by atoms with E-state index in [4.69, 9.17) is 4.74 Å². The zero-order chi connectivity index (χ0) is 7.56. The zero-order valence-electron chi connectivity index (χ0n) is 5.76. The molecule has 0 aliphatic rings. The first-order valence-electron chi connectivity index (χ1n) is 2.77. The second kappa shape index (κ2) is 2.96. The Labute approximate surface area is 67.6 Å². The van der Waals surface area contributed by atoms with Crippen LogP contribution in [-0.4, -0.2) is 17.1 Å². The molecule has 0 aliphatic carbocycles. The number of aryl methyl sites for hydroxylation is 1. The number of hydrogen-bond donors (Lipinski definition) is 0. The van der Waals surface area contributed by atoms with Gasteiger partial charge in [0.15, 0.2) is 4.60 Å². The van der Waals surface area contributed by atoms with Gasteiger partial charge in [0.1, 0.15) is 0 Å². The molecule has 1 heterocycles. The van der Waals surface area contributed by atoms with E-state index in [1.54, 1.807) is 13.3 Å². The van der Waals surface area contributed by atoms with E-state index in [0.717, 1.165) is 5.69 Å². The van der Waals surface area contributed by atoms with Gasteiger partial charge in [-0.05, 0) is 22.9 Å². The van der Waals surface area contributed by atoms with E-state index in [1.165, 1.54) is 0 Å². The third-order valence-electron chi connectivity index (χ3n) is 1.01. The number of nitrogens with zero attached hydrogens (tertiary/aromatic N) is 2. The molecule has 0 saturated heterocycles. The quantitative estimate of drug-likeness (QED) is 0.694. The lowest BCUT2D eigenvalue weighted by Crippen LogP contribution is -1.92. The van der Waals surface area contributed by atoms with Gasteiger partial charge < -0.3 is 4.74 Å². The lowest BCUT2D eigenvalue weighted by molar-refractivity contribution is 0.392. The van der Waals surface area contributed by atoms with Gasteiger partial charge in [-0.15, -0.1) is 0 Å². The van der Waals surface area contributed by atoms with Crippen LogP contribution in [-0.2, 0) is 0 Å². The van der Waals surface area contributed by atoms with Crippen LogP contribution in [0.2, 0.25) is 0 Å². The van der Waals surface area contributed by atoms with Crippen molar-refractivity contribution in [3.63, 3.8) is 0 Å². The van der Waals surface area contributed by atoms with Crippen LogP contribution in [0.5, 0.6) is 5.88 Å². The summed E-state index contributed by atoms with van der Waals surface area (Å²) in [6.07, 6.45) is 1.66. The van der Waals surface area contributed by atoms with Crippen LogP contribution in [0, 0.1) is 6.92 Å². The molecule has 3 nitrogen and oxygen atoms in total. The van der Waals surface area contributed by atoms with Crippen LogP contribution in [0.15, 0.2) is 10.8 Å². The largest absolute Gasteiger partial charge is 0.479 e. The first kappa shape index (κ1) is 7.47. The molecule has 0 aromatic carbocycles. The summed E-state index contributed by atoms with van der Waals surface area (Å²) in [6.45, 7) is 1.87. The van der Waals surface area contributed by atoms with Crippen LogP contribution in [0.1, 0.15) is 5.69 Å². The molecule has 4 heteroatoms. The van der Waals surface area contributed by atoms with E-state index in [-0.39, 0.29) is 0 Å². The lowest BCUT2D eigenvalue weighted by atomic mass is 10.5. The summed E-state index contributed by atoms with van der Waals surface area (Å²) in [5.41, 5.74) is 0.868. The number of aromatic nitrogens is 2. The summed E-state index contributed by atoms with van der Waals surface area (Å²) < 4.78 is 5.53. The zero-order valence-corrected chi connectivity index (χ0v) is 7.34. The van der Waals surface area contributed by atoms with Crippen LogP contribution in [0.25, 0.3) is 0 Å². The Balaban J connectivity index is 3.07. The van der Waals surface area contributed by atoms with Crippen LogP contribution < -0.4 is 4.74 Å². The monoisotopic (exact) mass is 202 g/mol. The summed E-state index contributed by atoms with van der Waals surface area (Å²) in [7, 11) is 1.56. The molecule has 1 aromatic heterocycles. The van der Waals surface area contributed by atoms with Gasteiger partial charge in [0.25, 0.3) is 0 Å². The van der Waals surface area contributed by atoms with Gasteiger partial charge in [0, 0.05) is 0 Å². The van der Waals surface area contributed by atoms with Gasteiger partial charge >= 0.3 is 0 Å². The van der Waals surface area contributed by atoms with Crippen molar-refractivity contribution in [3.05, 3.63) is 16.5 Å². The molecule has 0 aliphatic heterocycles. The van der Waals surface area contributed by atoms with Gasteiger partial charge in [-0.25, -0.2) is 9.97 Å². The van der Waals surface area contributed by atoms with Crippen LogP contribution in [0.3, 0.4) is 0 Å². The molecule has 0 radical (unpaired) electrons. The summed E-state index contributed by atoms with van der Waals surface area (Å²) in [5, 5.41) is 0. The van der Waals surface area contributed by atoms with Crippen LogP contribution in [0.4, 0.5) is 0 Å². The van der Waals surface area contributed by atoms with Crippen molar-refractivity contribution in [2.75, 3.05) is 7.11 Å². The molecule has 0 fully saturated rings. The van der Waals surface area contributed by atoms with E-state index in [0.29, 0.717) is 10.5 Å². The third kappa shape index (κ3) is 1.44. The second-order valence-corrected chi connectivity index (χ2v) is 2.56. The molecule has 0 unspecified atom stereocenters. The molecular weight excluding hydrogens is 196 g/mol. The fourth-order valence-electron chi connectivity index (χ4n) is 0.574. The number of ether oxygens (including phenoxy) is 1. The highest BCUT2D eigenvalue weighted by molar-refractivity contribution is 9.10. The fourth-order valence-corrected chi connectivity index (χ4v) is 1.12. The minimum absolute atomic E-state index is 0.519. The minimum Gasteiger partial charge on any atom is -0.479 e. The first-order valence-corrected chi connectivity index (χ1v) is 3.56. The maximum atomic E-state index is 4.88. The third-order valence-corrected chi connectivity index (χ3v) is 1.53. The van der Waals surface area contributed by atoms with Crippen molar-refractivity contribution in [2.24, 2.45) is 0 Å².